The maximum Gasteiger partial charge on any atom is 0.409 e. The van der Waals surface area contributed by atoms with E-state index in [9.17, 15) is 9.59 Å². The summed E-state index contributed by atoms with van der Waals surface area (Å²) in [6.07, 6.45) is 0.631. The van der Waals surface area contributed by atoms with E-state index in [0.717, 1.165) is 17.5 Å². The van der Waals surface area contributed by atoms with E-state index in [4.69, 9.17) is 4.74 Å². The first-order chi connectivity index (χ1) is 9.65. The molecule has 5 nitrogen and oxygen atoms in total. The molecule has 5 heteroatoms. The first kappa shape index (κ1) is 14.4. The quantitative estimate of drug-likeness (QED) is 0.793. The topological polar surface area (TPSA) is 49.9 Å². The second kappa shape index (κ2) is 6.41. The van der Waals surface area contributed by atoms with Crippen molar-refractivity contribution < 1.29 is 14.3 Å². The van der Waals surface area contributed by atoms with Crippen LogP contribution in [-0.4, -0.2) is 50.1 Å². The normalized spacial score (nSPS) is 15.1. The van der Waals surface area contributed by atoms with Gasteiger partial charge in [0.15, 0.2) is 6.29 Å². The number of piperazine rings is 1. The summed E-state index contributed by atoms with van der Waals surface area (Å²) in [4.78, 5) is 26.6. The number of hydrogen-bond donors (Lipinski definition) is 0. The molecule has 1 fully saturated rings. The van der Waals surface area contributed by atoms with Crippen LogP contribution in [0.1, 0.15) is 22.8 Å². The molecule has 1 aliphatic rings. The third-order valence-corrected chi connectivity index (χ3v) is 3.46. The van der Waals surface area contributed by atoms with Crippen molar-refractivity contribution in [1.82, 2.24) is 4.90 Å². The number of carbonyl (C=O) groups excluding carboxylic acids is 2. The van der Waals surface area contributed by atoms with Gasteiger partial charge < -0.3 is 14.5 Å². The molecule has 1 amide bonds. The minimum atomic E-state index is -0.258. The highest BCUT2D eigenvalue weighted by Gasteiger charge is 2.23. The lowest BCUT2D eigenvalue weighted by Crippen LogP contribution is -2.49. The second-order valence-electron chi connectivity index (χ2n) is 4.85. The van der Waals surface area contributed by atoms with Crippen molar-refractivity contribution in [3.05, 3.63) is 29.3 Å². The smallest absolute Gasteiger partial charge is 0.409 e. The van der Waals surface area contributed by atoms with E-state index in [1.165, 1.54) is 0 Å². The van der Waals surface area contributed by atoms with E-state index >= 15 is 0 Å². The second-order valence-corrected chi connectivity index (χ2v) is 4.85. The zero-order valence-electron chi connectivity index (χ0n) is 12.0. The average Bonchev–Trinajstić information content (AvgIpc) is 2.47. The molecule has 0 bridgehead atoms. The van der Waals surface area contributed by atoms with Gasteiger partial charge in [-0.15, -0.1) is 0 Å². The van der Waals surface area contributed by atoms with Crippen molar-refractivity contribution in [1.29, 1.82) is 0 Å². The Balaban J connectivity index is 2.04. The Morgan fingerprint density at radius 1 is 1.30 bits per heavy atom. The summed E-state index contributed by atoms with van der Waals surface area (Å²) in [7, 11) is 0. The number of ether oxygens (including phenoxy) is 1. The molecule has 0 spiro atoms. The Labute approximate surface area is 119 Å². The number of anilines is 1. The Morgan fingerprint density at radius 3 is 2.60 bits per heavy atom. The Kier molecular flexibility index (Phi) is 4.61. The minimum absolute atomic E-state index is 0.258. The number of rotatable bonds is 3. The van der Waals surface area contributed by atoms with Crippen molar-refractivity contribution in [3.63, 3.8) is 0 Å². The molecule has 0 N–H and O–H groups in total. The van der Waals surface area contributed by atoms with Crippen LogP contribution in [0.2, 0.25) is 0 Å². The fraction of sp³-hybridized carbons (Fsp3) is 0.467. The summed E-state index contributed by atoms with van der Waals surface area (Å²) in [5.41, 5.74) is 2.71. The molecule has 2 rings (SSSR count). The van der Waals surface area contributed by atoms with Crippen molar-refractivity contribution in [3.8, 4) is 0 Å². The number of carbonyl (C=O) groups is 2. The summed E-state index contributed by atoms with van der Waals surface area (Å²) in [5, 5.41) is 0. The van der Waals surface area contributed by atoms with Gasteiger partial charge >= 0.3 is 6.09 Å². The van der Waals surface area contributed by atoms with Gasteiger partial charge in [-0.3, -0.25) is 4.79 Å². The Hall–Kier alpha value is -2.04. The van der Waals surface area contributed by atoms with Gasteiger partial charge in [0.1, 0.15) is 0 Å². The van der Waals surface area contributed by atoms with Gasteiger partial charge in [-0.1, -0.05) is 11.6 Å². The van der Waals surface area contributed by atoms with Gasteiger partial charge in [-0.2, -0.15) is 0 Å². The standard InChI is InChI=1S/C15H20N2O3/c1-3-20-15(19)17-8-6-16(7-9-17)14-5-4-12(2)10-13(14)11-18/h4-5,10-11H,3,6-9H2,1-2H3. The fourth-order valence-corrected chi connectivity index (χ4v) is 2.40. The lowest BCUT2D eigenvalue weighted by Gasteiger charge is -2.36. The van der Waals surface area contributed by atoms with Crippen LogP contribution in [0.25, 0.3) is 0 Å². The van der Waals surface area contributed by atoms with Gasteiger partial charge in [-0.25, -0.2) is 4.79 Å². The molecule has 0 aromatic heterocycles. The Bertz CT molecular complexity index is 494. The largest absolute Gasteiger partial charge is 0.450 e. The molecule has 0 radical (unpaired) electrons. The minimum Gasteiger partial charge on any atom is -0.450 e. The van der Waals surface area contributed by atoms with E-state index < -0.39 is 0 Å². The van der Waals surface area contributed by atoms with Crippen molar-refractivity contribution in [2.75, 3.05) is 37.7 Å². The molecular formula is C15H20N2O3. The molecule has 1 aromatic rings. The van der Waals surface area contributed by atoms with Gasteiger partial charge in [0.25, 0.3) is 0 Å². The molecule has 1 saturated heterocycles. The molecule has 1 aliphatic heterocycles. The monoisotopic (exact) mass is 276 g/mol. The highest BCUT2D eigenvalue weighted by molar-refractivity contribution is 5.85. The molecule has 1 aromatic carbocycles. The third kappa shape index (κ3) is 3.10. The van der Waals surface area contributed by atoms with Crippen LogP contribution in [0.5, 0.6) is 0 Å². The van der Waals surface area contributed by atoms with Crippen LogP contribution >= 0.6 is 0 Å². The van der Waals surface area contributed by atoms with Gasteiger partial charge in [0.05, 0.1) is 6.61 Å². The van der Waals surface area contributed by atoms with Crippen LogP contribution in [0, 0.1) is 6.92 Å². The lowest BCUT2D eigenvalue weighted by atomic mass is 10.1. The summed E-state index contributed by atoms with van der Waals surface area (Å²) in [6, 6.07) is 5.86. The average molecular weight is 276 g/mol. The first-order valence-corrected chi connectivity index (χ1v) is 6.88. The predicted octanol–water partition coefficient (Wildman–Crippen LogP) is 2.09. The van der Waals surface area contributed by atoms with E-state index in [1.807, 2.05) is 25.1 Å². The zero-order chi connectivity index (χ0) is 14.5. The van der Waals surface area contributed by atoms with E-state index in [0.29, 0.717) is 38.3 Å². The fourth-order valence-electron chi connectivity index (χ4n) is 2.40. The molecule has 20 heavy (non-hydrogen) atoms. The summed E-state index contributed by atoms with van der Waals surface area (Å²) >= 11 is 0. The highest BCUT2D eigenvalue weighted by atomic mass is 16.6. The van der Waals surface area contributed by atoms with E-state index in [2.05, 4.69) is 4.90 Å². The number of nitrogens with zero attached hydrogens (tertiary/aromatic N) is 2. The van der Waals surface area contributed by atoms with Crippen LogP contribution in [-0.2, 0) is 4.74 Å². The third-order valence-electron chi connectivity index (χ3n) is 3.46. The lowest BCUT2D eigenvalue weighted by molar-refractivity contribution is 0.105. The van der Waals surface area contributed by atoms with Crippen molar-refractivity contribution in [2.24, 2.45) is 0 Å². The van der Waals surface area contributed by atoms with Gasteiger partial charge in [0, 0.05) is 37.4 Å². The number of benzene rings is 1. The molecular weight excluding hydrogens is 256 g/mol. The maximum absolute atomic E-state index is 11.6. The molecule has 0 aliphatic carbocycles. The number of hydrogen-bond acceptors (Lipinski definition) is 4. The number of aldehydes is 1. The maximum atomic E-state index is 11.6. The molecule has 1 heterocycles. The number of aryl methyl sites for hydroxylation is 1. The van der Waals surface area contributed by atoms with Crippen LogP contribution < -0.4 is 4.90 Å². The highest BCUT2D eigenvalue weighted by Crippen LogP contribution is 2.22. The van der Waals surface area contributed by atoms with Crippen LogP contribution in [0.4, 0.5) is 10.5 Å². The summed E-state index contributed by atoms with van der Waals surface area (Å²) in [6.45, 7) is 6.82. The van der Waals surface area contributed by atoms with E-state index in [1.54, 1.807) is 11.8 Å². The molecule has 0 unspecified atom stereocenters. The van der Waals surface area contributed by atoms with Crippen LogP contribution in [0.15, 0.2) is 18.2 Å². The van der Waals surface area contributed by atoms with Gasteiger partial charge in [0.2, 0.25) is 0 Å². The summed E-state index contributed by atoms with van der Waals surface area (Å²) in [5.74, 6) is 0. The van der Waals surface area contributed by atoms with Gasteiger partial charge in [-0.05, 0) is 26.0 Å². The molecule has 0 atom stereocenters. The Morgan fingerprint density at radius 2 is 2.00 bits per heavy atom. The zero-order valence-corrected chi connectivity index (χ0v) is 12.0. The van der Waals surface area contributed by atoms with Crippen molar-refractivity contribution in [2.45, 2.75) is 13.8 Å². The molecule has 0 saturated carbocycles. The van der Waals surface area contributed by atoms with Crippen LogP contribution in [0.3, 0.4) is 0 Å². The SMILES string of the molecule is CCOC(=O)N1CCN(c2ccc(C)cc2C=O)CC1. The van der Waals surface area contributed by atoms with E-state index in [-0.39, 0.29) is 6.09 Å². The number of amides is 1. The predicted molar refractivity (Wildman–Crippen MR) is 77.4 cm³/mol. The van der Waals surface area contributed by atoms with Crippen molar-refractivity contribution >= 4 is 18.1 Å². The molecule has 108 valence electrons. The summed E-state index contributed by atoms with van der Waals surface area (Å²) < 4.78 is 5.00. The first-order valence-electron chi connectivity index (χ1n) is 6.88.